The lowest BCUT2D eigenvalue weighted by molar-refractivity contribution is 0.0302. The van der Waals surface area contributed by atoms with E-state index in [2.05, 4.69) is 9.88 Å². The van der Waals surface area contributed by atoms with Gasteiger partial charge in [0.2, 0.25) is 0 Å². The second-order valence-corrected chi connectivity index (χ2v) is 4.84. The summed E-state index contributed by atoms with van der Waals surface area (Å²) in [4.78, 5) is 6.51. The van der Waals surface area contributed by atoms with E-state index >= 15 is 0 Å². The standard InChI is InChI=1S/C11H14ClN3O/c12-10-3-7(13)4-14-11(10)15-5-8-1-2-9(6-15)16-8/h3-4,8-9H,1-2,5-6,13H2. The van der Waals surface area contributed by atoms with Crippen LogP contribution in [0.3, 0.4) is 0 Å². The van der Waals surface area contributed by atoms with Gasteiger partial charge in [-0.05, 0) is 18.9 Å². The number of hydrogen-bond acceptors (Lipinski definition) is 4. The van der Waals surface area contributed by atoms with E-state index in [-0.39, 0.29) is 0 Å². The summed E-state index contributed by atoms with van der Waals surface area (Å²) in [5, 5.41) is 0.626. The minimum absolute atomic E-state index is 0.342. The van der Waals surface area contributed by atoms with Gasteiger partial charge in [0.1, 0.15) is 5.82 Å². The van der Waals surface area contributed by atoms with Gasteiger partial charge in [-0.25, -0.2) is 4.98 Å². The monoisotopic (exact) mass is 239 g/mol. The third-order valence-corrected chi connectivity index (χ3v) is 3.46. The van der Waals surface area contributed by atoms with Gasteiger partial charge in [0.25, 0.3) is 0 Å². The van der Waals surface area contributed by atoms with Crippen LogP contribution >= 0.6 is 11.6 Å². The van der Waals surface area contributed by atoms with Gasteiger partial charge in [-0.3, -0.25) is 0 Å². The highest BCUT2D eigenvalue weighted by Crippen LogP contribution is 2.32. The SMILES string of the molecule is Nc1cnc(N2CC3CCC(C2)O3)c(Cl)c1. The number of nitrogens with two attached hydrogens (primary N) is 1. The molecule has 86 valence electrons. The molecular weight excluding hydrogens is 226 g/mol. The first-order valence-corrected chi connectivity index (χ1v) is 5.91. The quantitative estimate of drug-likeness (QED) is 0.810. The summed E-state index contributed by atoms with van der Waals surface area (Å²) in [6.45, 7) is 1.76. The van der Waals surface area contributed by atoms with E-state index in [1.54, 1.807) is 12.3 Å². The molecule has 2 N–H and O–H groups in total. The van der Waals surface area contributed by atoms with Crippen LogP contribution in [-0.2, 0) is 4.74 Å². The average Bonchev–Trinajstić information content (AvgIpc) is 2.58. The lowest BCUT2D eigenvalue weighted by atomic mass is 10.2. The molecule has 2 aliphatic heterocycles. The Morgan fingerprint density at radius 3 is 2.69 bits per heavy atom. The Kier molecular flexibility index (Phi) is 2.41. The van der Waals surface area contributed by atoms with E-state index < -0.39 is 0 Å². The Morgan fingerprint density at radius 1 is 1.38 bits per heavy atom. The number of halogens is 1. The van der Waals surface area contributed by atoms with Crippen molar-refractivity contribution >= 4 is 23.1 Å². The van der Waals surface area contributed by atoms with Crippen LogP contribution in [0.2, 0.25) is 5.02 Å². The zero-order valence-corrected chi connectivity index (χ0v) is 9.65. The predicted octanol–water partition coefficient (Wildman–Crippen LogP) is 1.68. The van der Waals surface area contributed by atoms with E-state index in [9.17, 15) is 0 Å². The molecule has 1 aromatic heterocycles. The van der Waals surface area contributed by atoms with Crippen LogP contribution in [0.25, 0.3) is 0 Å². The second-order valence-electron chi connectivity index (χ2n) is 4.44. The summed E-state index contributed by atoms with van der Waals surface area (Å²) in [7, 11) is 0. The maximum Gasteiger partial charge on any atom is 0.147 e. The smallest absolute Gasteiger partial charge is 0.147 e. The molecule has 2 fully saturated rings. The van der Waals surface area contributed by atoms with Crippen LogP contribution in [0, 0.1) is 0 Å². The van der Waals surface area contributed by atoms with Gasteiger partial charge in [0.15, 0.2) is 0 Å². The van der Waals surface area contributed by atoms with Gasteiger partial charge >= 0.3 is 0 Å². The molecule has 4 nitrogen and oxygen atoms in total. The number of fused-ring (bicyclic) bond motifs is 2. The number of rotatable bonds is 1. The molecule has 2 bridgehead atoms. The van der Waals surface area contributed by atoms with Gasteiger partial charge in [0, 0.05) is 13.1 Å². The summed E-state index contributed by atoms with van der Waals surface area (Å²) >= 11 is 6.15. The number of anilines is 2. The fourth-order valence-corrected chi connectivity index (χ4v) is 2.76. The zero-order chi connectivity index (χ0) is 11.1. The molecular formula is C11H14ClN3O. The van der Waals surface area contributed by atoms with E-state index in [0.29, 0.717) is 22.9 Å². The van der Waals surface area contributed by atoms with Crippen molar-refractivity contribution in [1.82, 2.24) is 4.98 Å². The predicted molar refractivity (Wildman–Crippen MR) is 63.8 cm³/mol. The van der Waals surface area contributed by atoms with Gasteiger partial charge in [0.05, 0.1) is 29.1 Å². The topological polar surface area (TPSA) is 51.4 Å². The molecule has 0 amide bonds. The summed E-state index contributed by atoms with van der Waals surface area (Å²) in [5.41, 5.74) is 6.24. The van der Waals surface area contributed by atoms with Crippen molar-refractivity contribution in [2.75, 3.05) is 23.7 Å². The molecule has 2 saturated heterocycles. The number of nitrogens with zero attached hydrogens (tertiary/aromatic N) is 2. The second kappa shape index (κ2) is 3.79. The minimum atomic E-state index is 0.342. The van der Waals surface area contributed by atoms with Crippen molar-refractivity contribution in [3.63, 3.8) is 0 Å². The molecule has 0 spiro atoms. The van der Waals surface area contributed by atoms with Gasteiger partial charge < -0.3 is 15.4 Å². The first-order valence-electron chi connectivity index (χ1n) is 5.54. The molecule has 3 rings (SSSR count). The number of nitrogen functional groups attached to an aromatic ring is 1. The van der Waals surface area contributed by atoms with Crippen molar-refractivity contribution in [3.05, 3.63) is 17.3 Å². The van der Waals surface area contributed by atoms with Crippen LogP contribution in [-0.4, -0.2) is 30.3 Å². The number of hydrogen-bond donors (Lipinski definition) is 1. The highest BCUT2D eigenvalue weighted by atomic mass is 35.5. The van der Waals surface area contributed by atoms with Gasteiger partial charge in [-0.2, -0.15) is 0 Å². The molecule has 0 radical (unpaired) electrons. The Morgan fingerprint density at radius 2 is 2.06 bits per heavy atom. The van der Waals surface area contributed by atoms with Crippen LogP contribution in [0.1, 0.15) is 12.8 Å². The lowest BCUT2D eigenvalue weighted by Crippen LogP contribution is -2.43. The number of aromatic nitrogens is 1. The number of ether oxygens (including phenoxy) is 1. The van der Waals surface area contributed by atoms with Crippen molar-refractivity contribution in [3.8, 4) is 0 Å². The largest absolute Gasteiger partial charge is 0.397 e. The Bertz CT molecular complexity index is 400. The molecule has 0 aromatic carbocycles. The molecule has 1 aromatic rings. The van der Waals surface area contributed by atoms with Crippen LogP contribution < -0.4 is 10.6 Å². The Hall–Kier alpha value is -1.00. The summed E-state index contributed by atoms with van der Waals surface area (Å²) < 4.78 is 5.78. The summed E-state index contributed by atoms with van der Waals surface area (Å²) in [6, 6.07) is 1.75. The first kappa shape index (κ1) is 10.2. The van der Waals surface area contributed by atoms with Crippen molar-refractivity contribution < 1.29 is 4.74 Å². The van der Waals surface area contributed by atoms with Crippen LogP contribution in [0.4, 0.5) is 11.5 Å². The molecule has 5 heteroatoms. The van der Waals surface area contributed by atoms with E-state index in [4.69, 9.17) is 22.1 Å². The molecule has 16 heavy (non-hydrogen) atoms. The van der Waals surface area contributed by atoms with Crippen LogP contribution in [0.5, 0.6) is 0 Å². The molecule has 0 aliphatic carbocycles. The Labute approximate surface area is 99.3 Å². The minimum Gasteiger partial charge on any atom is -0.397 e. The van der Waals surface area contributed by atoms with Crippen molar-refractivity contribution in [1.29, 1.82) is 0 Å². The summed E-state index contributed by atoms with van der Waals surface area (Å²) in [6.07, 6.45) is 4.63. The third-order valence-electron chi connectivity index (χ3n) is 3.19. The maximum atomic E-state index is 6.15. The Balaban J connectivity index is 1.87. The van der Waals surface area contributed by atoms with Gasteiger partial charge in [-0.1, -0.05) is 11.6 Å². The van der Waals surface area contributed by atoms with E-state index in [1.807, 2.05) is 0 Å². The highest BCUT2D eigenvalue weighted by molar-refractivity contribution is 6.33. The molecule has 2 atom stereocenters. The average molecular weight is 240 g/mol. The zero-order valence-electron chi connectivity index (χ0n) is 8.90. The van der Waals surface area contributed by atoms with Gasteiger partial charge in [-0.15, -0.1) is 0 Å². The van der Waals surface area contributed by atoms with Crippen molar-refractivity contribution in [2.24, 2.45) is 0 Å². The third kappa shape index (κ3) is 1.72. The molecule has 0 saturated carbocycles. The maximum absolute atomic E-state index is 6.15. The van der Waals surface area contributed by atoms with E-state index in [1.165, 1.54) is 0 Å². The molecule has 3 heterocycles. The fraction of sp³-hybridized carbons (Fsp3) is 0.545. The summed E-state index contributed by atoms with van der Waals surface area (Å²) in [5.74, 6) is 0.830. The number of morpholine rings is 1. The number of pyridine rings is 1. The molecule has 2 unspecified atom stereocenters. The highest BCUT2D eigenvalue weighted by Gasteiger charge is 2.34. The lowest BCUT2D eigenvalue weighted by Gasteiger charge is -2.33. The van der Waals surface area contributed by atoms with Crippen molar-refractivity contribution in [2.45, 2.75) is 25.0 Å². The first-order chi connectivity index (χ1) is 7.72. The van der Waals surface area contributed by atoms with E-state index in [0.717, 1.165) is 31.7 Å². The fourth-order valence-electron chi connectivity index (χ4n) is 2.47. The van der Waals surface area contributed by atoms with Crippen LogP contribution in [0.15, 0.2) is 12.3 Å². The normalized spacial score (nSPS) is 28.4. The molecule has 2 aliphatic rings.